The van der Waals surface area contributed by atoms with E-state index in [2.05, 4.69) is 43.5 Å². The van der Waals surface area contributed by atoms with Gasteiger partial charge in [0, 0.05) is 6.42 Å². The van der Waals surface area contributed by atoms with Gasteiger partial charge in [-0.05, 0) is 38.5 Å². The molecule has 1 saturated heterocycles. The predicted octanol–water partition coefficient (Wildman–Crippen LogP) is 7.16. The summed E-state index contributed by atoms with van der Waals surface area (Å²) in [6.07, 6.45) is 27.5. The van der Waals surface area contributed by atoms with Crippen LogP contribution in [0.2, 0.25) is 0 Å². The van der Waals surface area contributed by atoms with Crippen LogP contribution in [0.15, 0.2) is 24.3 Å². The summed E-state index contributed by atoms with van der Waals surface area (Å²) in [5.41, 5.74) is 0. The first-order chi connectivity index (χ1) is 23.8. The number of aliphatic hydroxyl groups excluding tert-OH is 5. The number of rotatable bonds is 32. The minimum Gasteiger partial charge on any atom is -0.394 e. The first-order valence-corrected chi connectivity index (χ1v) is 20.0. The van der Waals surface area contributed by atoms with Gasteiger partial charge in [-0.25, -0.2) is 0 Å². The van der Waals surface area contributed by atoms with Crippen molar-refractivity contribution in [1.29, 1.82) is 0 Å². The van der Waals surface area contributed by atoms with Gasteiger partial charge in [-0.1, -0.05) is 147 Å². The van der Waals surface area contributed by atoms with Crippen molar-refractivity contribution in [2.24, 2.45) is 0 Å². The monoisotopic (exact) mass is 698 g/mol. The Kier molecular flexibility index (Phi) is 29.3. The van der Waals surface area contributed by atoms with Crippen LogP contribution in [0.5, 0.6) is 0 Å². The highest BCUT2D eigenvalue weighted by Crippen LogP contribution is 2.23. The summed E-state index contributed by atoms with van der Waals surface area (Å²) in [6, 6.07) is -0.721. The van der Waals surface area contributed by atoms with E-state index in [0.717, 1.165) is 64.2 Å². The van der Waals surface area contributed by atoms with E-state index in [1.807, 2.05) is 0 Å². The van der Waals surface area contributed by atoms with Crippen LogP contribution in [0.3, 0.4) is 0 Å². The predicted molar refractivity (Wildman–Crippen MR) is 198 cm³/mol. The highest BCUT2D eigenvalue weighted by Gasteiger charge is 2.44. The van der Waals surface area contributed by atoms with Gasteiger partial charge in [-0.3, -0.25) is 4.79 Å². The topological polar surface area (TPSA) is 149 Å². The molecule has 0 spiro atoms. The molecule has 0 saturated carbocycles. The Bertz CT molecular complexity index is 822. The first kappa shape index (κ1) is 45.7. The molecule has 1 aliphatic heterocycles. The fourth-order valence-corrected chi connectivity index (χ4v) is 6.23. The molecule has 0 radical (unpaired) electrons. The van der Waals surface area contributed by atoms with E-state index in [9.17, 15) is 30.3 Å². The fourth-order valence-electron chi connectivity index (χ4n) is 6.23. The second-order valence-electron chi connectivity index (χ2n) is 14.1. The minimum absolute atomic E-state index is 0.143. The van der Waals surface area contributed by atoms with Gasteiger partial charge in [0.2, 0.25) is 5.91 Å². The van der Waals surface area contributed by atoms with Crippen molar-refractivity contribution < 1.29 is 39.8 Å². The van der Waals surface area contributed by atoms with Crippen LogP contribution in [0, 0.1) is 0 Å². The van der Waals surface area contributed by atoms with Crippen LogP contribution in [-0.4, -0.2) is 87.5 Å². The number of nitrogens with one attached hydrogen (secondary N) is 1. The second kappa shape index (κ2) is 31.4. The maximum absolute atomic E-state index is 12.9. The van der Waals surface area contributed by atoms with Crippen LogP contribution < -0.4 is 5.32 Å². The normalized spacial score (nSPS) is 22.6. The summed E-state index contributed by atoms with van der Waals surface area (Å²) in [4.78, 5) is 12.9. The Morgan fingerprint density at radius 1 is 0.694 bits per heavy atom. The second-order valence-corrected chi connectivity index (χ2v) is 14.1. The van der Waals surface area contributed by atoms with Gasteiger partial charge in [0.05, 0.1) is 25.4 Å². The van der Waals surface area contributed by atoms with Gasteiger partial charge in [0.25, 0.3) is 0 Å². The highest BCUT2D eigenvalue weighted by atomic mass is 16.7. The molecule has 7 atom stereocenters. The Labute approximate surface area is 298 Å². The number of amides is 1. The van der Waals surface area contributed by atoms with E-state index in [1.165, 1.54) is 77.0 Å². The summed E-state index contributed by atoms with van der Waals surface area (Å²) >= 11 is 0. The van der Waals surface area contributed by atoms with E-state index < -0.39 is 49.5 Å². The molecule has 1 aliphatic rings. The molecule has 288 valence electrons. The van der Waals surface area contributed by atoms with Gasteiger partial charge in [0.1, 0.15) is 24.4 Å². The van der Waals surface area contributed by atoms with Crippen molar-refractivity contribution in [3.63, 3.8) is 0 Å². The van der Waals surface area contributed by atoms with Crippen LogP contribution >= 0.6 is 0 Å². The van der Waals surface area contributed by atoms with Crippen molar-refractivity contribution >= 4 is 5.91 Å². The van der Waals surface area contributed by atoms with Crippen molar-refractivity contribution in [3.05, 3.63) is 24.3 Å². The molecule has 0 aromatic rings. The van der Waals surface area contributed by atoms with Gasteiger partial charge >= 0.3 is 0 Å². The zero-order valence-corrected chi connectivity index (χ0v) is 31.2. The Hall–Kier alpha value is -1.33. The van der Waals surface area contributed by atoms with Gasteiger partial charge < -0.3 is 40.3 Å². The number of hydrogen-bond acceptors (Lipinski definition) is 8. The summed E-state index contributed by atoms with van der Waals surface area (Å²) in [5, 5.41) is 54.1. The Balaban J connectivity index is 2.42. The molecule has 0 bridgehead atoms. The molecule has 7 unspecified atom stereocenters. The maximum Gasteiger partial charge on any atom is 0.220 e. The molecular weight excluding hydrogens is 622 g/mol. The van der Waals surface area contributed by atoms with Crippen LogP contribution in [0.25, 0.3) is 0 Å². The lowest BCUT2D eigenvalue weighted by Crippen LogP contribution is -2.60. The molecule has 9 heteroatoms. The van der Waals surface area contributed by atoms with Gasteiger partial charge in [-0.2, -0.15) is 0 Å². The molecule has 49 heavy (non-hydrogen) atoms. The van der Waals surface area contributed by atoms with Crippen molar-refractivity contribution in [3.8, 4) is 0 Å². The van der Waals surface area contributed by atoms with E-state index in [-0.39, 0.29) is 12.5 Å². The van der Waals surface area contributed by atoms with E-state index in [4.69, 9.17) is 9.47 Å². The van der Waals surface area contributed by atoms with Crippen LogP contribution in [0.1, 0.15) is 168 Å². The summed E-state index contributed by atoms with van der Waals surface area (Å²) < 4.78 is 11.2. The number of carbonyl (C=O) groups excluding carboxylic acids is 1. The lowest BCUT2D eigenvalue weighted by molar-refractivity contribution is -0.302. The van der Waals surface area contributed by atoms with E-state index in [1.54, 1.807) is 0 Å². The molecule has 1 rings (SSSR count). The number of hydrogen-bond donors (Lipinski definition) is 6. The largest absolute Gasteiger partial charge is 0.394 e. The van der Waals surface area contributed by atoms with Crippen LogP contribution in [0.4, 0.5) is 0 Å². The standard InChI is InChI=1S/C40H75NO8/c1-3-5-7-9-11-13-15-17-18-20-22-24-26-28-30-36(44)41-33(32-48-40-39(47)38(46)37(45)35(31-42)49-40)34(43)29-27-25-23-21-19-16-14-12-10-8-6-4-2/h9,11,15,17,33-35,37-40,42-43,45-47H,3-8,10,12-14,16,18-32H2,1-2H3,(H,41,44)/b11-9-,17-15-. The number of carbonyl (C=O) groups is 1. The van der Waals surface area contributed by atoms with Gasteiger partial charge in [0.15, 0.2) is 6.29 Å². The molecule has 1 fully saturated rings. The highest BCUT2D eigenvalue weighted by molar-refractivity contribution is 5.76. The summed E-state index contributed by atoms with van der Waals surface area (Å²) in [5.74, 6) is -0.161. The smallest absolute Gasteiger partial charge is 0.220 e. The average Bonchev–Trinajstić information content (AvgIpc) is 3.10. The number of ether oxygens (including phenoxy) is 2. The Morgan fingerprint density at radius 3 is 1.82 bits per heavy atom. The molecule has 0 aliphatic carbocycles. The molecule has 1 amide bonds. The molecule has 9 nitrogen and oxygen atoms in total. The van der Waals surface area contributed by atoms with E-state index >= 15 is 0 Å². The molecule has 6 N–H and O–H groups in total. The van der Waals surface area contributed by atoms with E-state index in [0.29, 0.717) is 12.8 Å². The third-order valence-corrected chi connectivity index (χ3v) is 9.56. The third-order valence-electron chi connectivity index (χ3n) is 9.56. The average molecular weight is 698 g/mol. The maximum atomic E-state index is 12.9. The van der Waals surface area contributed by atoms with Crippen molar-refractivity contribution in [1.82, 2.24) is 5.32 Å². The number of aliphatic hydroxyl groups is 5. The SMILES string of the molecule is CCCC/C=C\C/C=C\CCCCCCCC(=O)NC(COC1OC(CO)C(O)C(O)C1O)C(O)CCCCCCCCCCCCCC. The quantitative estimate of drug-likeness (QED) is 0.0320. The van der Waals surface area contributed by atoms with Crippen molar-refractivity contribution in [2.45, 2.75) is 211 Å². The third kappa shape index (κ3) is 23.0. The zero-order valence-electron chi connectivity index (χ0n) is 31.2. The number of unbranched alkanes of at least 4 members (excludes halogenated alkanes) is 18. The van der Waals surface area contributed by atoms with Gasteiger partial charge in [-0.15, -0.1) is 0 Å². The molecular formula is C40H75NO8. The molecule has 1 heterocycles. The molecule has 0 aromatic carbocycles. The number of allylic oxidation sites excluding steroid dienone is 4. The fraction of sp³-hybridized carbons (Fsp3) is 0.875. The summed E-state index contributed by atoms with van der Waals surface area (Å²) in [6.45, 7) is 3.75. The Morgan fingerprint density at radius 2 is 1.22 bits per heavy atom. The first-order valence-electron chi connectivity index (χ1n) is 20.0. The van der Waals surface area contributed by atoms with Crippen LogP contribution in [-0.2, 0) is 14.3 Å². The lowest BCUT2D eigenvalue weighted by atomic mass is 9.99. The zero-order chi connectivity index (χ0) is 36.0. The minimum atomic E-state index is -1.55. The van der Waals surface area contributed by atoms with Crippen molar-refractivity contribution in [2.75, 3.05) is 13.2 Å². The molecule has 0 aromatic heterocycles. The summed E-state index contributed by atoms with van der Waals surface area (Å²) in [7, 11) is 0. The lowest BCUT2D eigenvalue weighted by Gasteiger charge is -2.40.